The Bertz CT molecular complexity index is 3160. The molecule has 480 valence electrons. The first-order valence-electron chi connectivity index (χ1n) is 25.6. The van der Waals surface area contributed by atoms with E-state index >= 15 is 0 Å². The fraction of sp³-hybridized carbons (Fsp3) is 0.222. The van der Waals surface area contributed by atoms with Gasteiger partial charge in [0.15, 0.2) is 56.8 Å². The van der Waals surface area contributed by atoms with E-state index in [0.29, 0.717) is 53.8 Å². The van der Waals surface area contributed by atoms with Crippen LogP contribution in [0.3, 0.4) is 0 Å². The minimum absolute atomic E-state index is 0.320. The van der Waals surface area contributed by atoms with Crippen LogP contribution in [0.5, 0.6) is 0 Å². The molecule has 0 radical (unpaired) electrons. The Kier molecular flexibility index (Phi) is 20.7. The van der Waals surface area contributed by atoms with Crippen LogP contribution in [0.25, 0.3) is 0 Å². The summed E-state index contributed by atoms with van der Waals surface area (Å²) in [6.45, 7) is 14.4. The second-order valence-corrected chi connectivity index (χ2v) is 25.2. The predicted molar refractivity (Wildman–Crippen MR) is 304 cm³/mol. The van der Waals surface area contributed by atoms with Crippen molar-refractivity contribution in [3.8, 4) is 0 Å². The Balaban J connectivity index is 0.000000658. The van der Waals surface area contributed by atoms with Crippen molar-refractivity contribution >= 4 is 75.6 Å². The Morgan fingerprint density at radius 2 is 0.494 bits per heavy atom. The number of hydrogen-bond acceptors (Lipinski definition) is 3. The Hall–Kier alpha value is -7.83. The fourth-order valence-electron chi connectivity index (χ4n) is 8.37. The van der Waals surface area contributed by atoms with Crippen LogP contribution in [-0.2, 0) is 38.9 Å². The number of nitrogens with one attached hydrogen (secondary N) is 6. The zero-order valence-corrected chi connectivity index (χ0v) is 49.5. The van der Waals surface area contributed by atoms with Gasteiger partial charge in [-0.25, -0.2) is 14.4 Å². The first-order chi connectivity index (χ1) is 39.3. The van der Waals surface area contributed by atoms with Gasteiger partial charge < -0.3 is 31.9 Å². The zero-order valence-electron chi connectivity index (χ0n) is 46.8. The molecule has 4 aromatic carbocycles. The molecular formula is C54H60F18N9O3P3. The van der Waals surface area contributed by atoms with Gasteiger partial charge in [0, 0.05) is 52.0 Å². The summed E-state index contributed by atoms with van der Waals surface area (Å²) in [7, 11) is -32.0. The van der Waals surface area contributed by atoms with Crippen molar-refractivity contribution in [2.45, 2.75) is 80.4 Å². The number of carbonyl (C=O) groups excluding carboxylic acids is 3. The summed E-state index contributed by atoms with van der Waals surface area (Å²) in [5.74, 6) is 0. The van der Waals surface area contributed by atoms with Gasteiger partial charge in [0.25, 0.3) is 0 Å². The van der Waals surface area contributed by atoms with Crippen molar-refractivity contribution in [2.24, 2.45) is 0 Å². The van der Waals surface area contributed by atoms with Gasteiger partial charge >= 0.3 is 117 Å². The third-order valence-corrected chi connectivity index (χ3v) is 11.5. The van der Waals surface area contributed by atoms with E-state index in [2.05, 4.69) is 66.4 Å². The molecule has 0 aliphatic rings. The number of urea groups is 3. The molecule has 0 bridgehead atoms. The van der Waals surface area contributed by atoms with Gasteiger partial charge in [-0.2, -0.15) is 13.7 Å². The van der Waals surface area contributed by atoms with E-state index in [1.54, 1.807) is 0 Å². The summed E-state index contributed by atoms with van der Waals surface area (Å²) in [6, 6.07) is 33.7. The van der Waals surface area contributed by atoms with Crippen molar-refractivity contribution in [1.82, 2.24) is 0 Å². The SMILES string of the molecule is CCc1c(C[n+]2cccc(NC(=O)Nc3ccc(C)cc3)c2)c(CC)c(C[n+]2cccc(NC(=O)Nc3ccc(C)cc3)c2)c(CC)c1C[n+]1cccc(NC(=O)Nc2ccc(C)cc2)c1.F[P-](F)(F)(F)(F)F.F[P-](F)(F)(F)(F)F.F[P-](F)(F)(F)(F)F. The molecule has 0 saturated heterocycles. The van der Waals surface area contributed by atoms with Gasteiger partial charge in [0.05, 0.1) is 0 Å². The Morgan fingerprint density at radius 3 is 0.678 bits per heavy atom. The first-order valence-corrected chi connectivity index (χ1v) is 31.7. The van der Waals surface area contributed by atoms with Crippen LogP contribution in [0.4, 0.5) is 124 Å². The Labute approximate surface area is 486 Å². The molecule has 33 heteroatoms. The number of amides is 6. The number of anilines is 6. The van der Waals surface area contributed by atoms with Gasteiger partial charge in [-0.1, -0.05) is 73.9 Å². The number of aryl methyl sites for hydroxylation is 3. The average molecular weight is 1320 g/mol. The molecule has 3 heterocycles. The second-order valence-electron chi connectivity index (χ2n) is 19.4. The molecule has 0 fully saturated rings. The van der Waals surface area contributed by atoms with Crippen molar-refractivity contribution in [3.05, 3.63) is 196 Å². The minimum atomic E-state index is -10.7. The molecular weight excluding hydrogens is 1260 g/mol. The molecule has 6 amide bonds. The standard InChI is InChI=1S/C54H57N9O3.3F6P/c1-7-46-49(34-61-28-10-13-43(31-61)58-52(64)55-40-22-16-37(4)17-23-40)47(8-2)51(36-63-30-12-15-45(33-63)60-54(66)57-42-26-20-39(6)21-27-42)48(9-3)50(46)35-62-29-11-14-44(32-62)59-53(65)56-41-24-18-38(5)19-25-41;3*1-7(2,3,4,5)6/h10-33H,7-9,34-36H2,1-6H3,(H3-3,55,56,57,58,59,60,64,65,66);;;/q;3*-1/p+3. The van der Waals surface area contributed by atoms with Crippen LogP contribution >= 0.6 is 23.4 Å². The quantitative estimate of drug-likeness (QED) is 0.0347. The van der Waals surface area contributed by atoms with E-state index in [1.165, 1.54) is 33.4 Å². The third kappa shape index (κ3) is 32.5. The molecule has 7 aromatic rings. The maximum absolute atomic E-state index is 13.1. The van der Waals surface area contributed by atoms with E-state index in [4.69, 9.17) is 0 Å². The van der Waals surface area contributed by atoms with Crippen LogP contribution in [-0.4, -0.2) is 18.1 Å². The Morgan fingerprint density at radius 1 is 0.310 bits per heavy atom. The van der Waals surface area contributed by atoms with Crippen LogP contribution < -0.4 is 45.6 Å². The summed E-state index contributed by atoms with van der Waals surface area (Å²) in [5.41, 5.74) is 15.0. The predicted octanol–water partition coefficient (Wildman–Crippen LogP) is 20.4. The molecule has 3 aromatic heterocycles. The number of aromatic nitrogens is 3. The number of halogens is 18. The molecule has 87 heavy (non-hydrogen) atoms. The summed E-state index contributed by atoms with van der Waals surface area (Å²) >= 11 is 0. The second kappa shape index (κ2) is 25.1. The summed E-state index contributed by atoms with van der Waals surface area (Å²) < 4.78 is 184. The summed E-state index contributed by atoms with van der Waals surface area (Å²) in [6.07, 6.45) is 14.4. The third-order valence-electron chi connectivity index (χ3n) is 11.5. The van der Waals surface area contributed by atoms with Crippen molar-refractivity contribution in [2.75, 3.05) is 31.9 Å². The maximum atomic E-state index is 13.1. The zero-order chi connectivity index (χ0) is 65.8. The van der Waals surface area contributed by atoms with Gasteiger partial charge in [0.1, 0.15) is 17.1 Å². The molecule has 0 aliphatic carbocycles. The van der Waals surface area contributed by atoms with Crippen molar-refractivity contribution < 1.29 is 104 Å². The van der Waals surface area contributed by atoms with E-state index in [9.17, 15) is 89.9 Å². The number of hydrogen-bond donors (Lipinski definition) is 6. The van der Waals surface area contributed by atoms with E-state index in [1.807, 2.05) is 167 Å². The van der Waals surface area contributed by atoms with Crippen LogP contribution in [0.15, 0.2) is 146 Å². The molecule has 0 spiro atoms. The molecule has 0 aliphatic heterocycles. The van der Waals surface area contributed by atoms with Crippen LogP contribution in [0.1, 0.15) is 70.8 Å². The van der Waals surface area contributed by atoms with E-state index < -0.39 is 23.4 Å². The van der Waals surface area contributed by atoms with E-state index in [-0.39, 0.29) is 18.1 Å². The van der Waals surface area contributed by atoms with Gasteiger partial charge in [0.2, 0.25) is 0 Å². The molecule has 6 N–H and O–H groups in total. The summed E-state index contributed by atoms with van der Waals surface area (Å²) in [4.78, 5) is 39.3. The van der Waals surface area contributed by atoms with E-state index in [0.717, 1.165) is 36.0 Å². The van der Waals surface area contributed by atoms with Gasteiger partial charge in [-0.3, -0.25) is 0 Å². The number of nitrogens with zero attached hydrogens (tertiary/aromatic N) is 3. The van der Waals surface area contributed by atoms with Crippen LogP contribution in [0.2, 0.25) is 0 Å². The normalized spacial score (nSPS) is 13.8. The molecule has 12 nitrogen and oxygen atoms in total. The average Bonchev–Trinajstić information content (AvgIpc) is 0.847. The molecule has 0 unspecified atom stereocenters. The first kappa shape index (κ1) is 71.6. The summed E-state index contributed by atoms with van der Waals surface area (Å²) in [5, 5.41) is 17.9. The monoisotopic (exact) mass is 1320 g/mol. The molecule has 0 atom stereocenters. The number of benzene rings is 4. The van der Waals surface area contributed by atoms with Crippen molar-refractivity contribution in [3.63, 3.8) is 0 Å². The van der Waals surface area contributed by atoms with Gasteiger partial charge in [-0.15, -0.1) is 0 Å². The molecule has 7 rings (SSSR count). The van der Waals surface area contributed by atoms with Crippen molar-refractivity contribution in [1.29, 1.82) is 0 Å². The number of rotatable bonds is 15. The molecule has 0 saturated carbocycles. The topological polar surface area (TPSA) is 135 Å². The van der Waals surface area contributed by atoms with Crippen LogP contribution in [0, 0.1) is 20.8 Å². The number of carbonyl (C=O) groups is 3. The number of pyridine rings is 3. The fourth-order valence-corrected chi connectivity index (χ4v) is 8.37. The van der Waals surface area contributed by atoms with Gasteiger partial charge in [-0.05, 0) is 111 Å².